The number of hydrogen-bond acceptors (Lipinski definition) is 3. The second-order valence-electron chi connectivity index (χ2n) is 3.55. The first-order valence-electron chi connectivity index (χ1n) is 5.24. The van der Waals surface area contributed by atoms with Crippen LogP contribution in [-0.4, -0.2) is 26.3 Å². The van der Waals surface area contributed by atoms with Gasteiger partial charge >= 0.3 is 5.97 Å². The molecule has 3 heteroatoms. The maximum Gasteiger partial charge on any atom is 0.313 e. The minimum atomic E-state index is -0.131. The number of allylic oxidation sites excluding steroid dienone is 1. The summed E-state index contributed by atoms with van der Waals surface area (Å²) in [6.07, 6.45) is 3.58. The third-order valence-corrected chi connectivity index (χ3v) is 2.49. The summed E-state index contributed by atoms with van der Waals surface area (Å²) in [4.78, 5) is 11.5. The first-order chi connectivity index (χ1) is 7.20. The maximum absolute atomic E-state index is 11.5. The zero-order chi connectivity index (χ0) is 11.3. The predicted molar refractivity (Wildman–Crippen MR) is 58.5 cm³/mol. The van der Waals surface area contributed by atoms with Gasteiger partial charge in [-0.1, -0.05) is 18.2 Å². The van der Waals surface area contributed by atoms with Crippen molar-refractivity contribution in [2.45, 2.75) is 19.8 Å². The summed E-state index contributed by atoms with van der Waals surface area (Å²) >= 11 is 0. The van der Waals surface area contributed by atoms with E-state index in [4.69, 9.17) is 9.47 Å². The van der Waals surface area contributed by atoms with Gasteiger partial charge in [0.2, 0.25) is 0 Å². The van der Waals surface area contributed by atoms with Crippen LogP contribution in [0.1, 0.15) is 19.8 Å². The maximum atomic E-state index is 11.5. The molecule has 1 aliphatic carbocycles. The van der Waals surface area contributed by atoms with Gasteiger partial charge in [-0.05, 0) is 25.3 Å². The molecular weight excluding hydrogens is 192 g/mol. The minimum Gasteiger partial charge on any atom is -0.466 e. The van der Waals surface area contributed by atoms with Crippen molar-refractivity contribution >= 4 is 5.97 Å². The van der Waals surface area contributed by atoms with E-state index in [0.717, 1.165) is 24.0 Å². The predicted octanol–water partition coefficient (Wildman–Crippen LogP) is 2.09. The number of carbonyl (C=O) groups is 1. The van der Waals surface area contributed by atoms with Gasteiger partial charge in [-0.15, -0.1) is 0 Å². The fraction of sp³-hybridized carbons (Fsp3) is 0.583. The summed E-state index contributed by atoms with van der Waals surface area (Å²) in [6, 6.07) is 0. The Balaban J connectivity index is 2.50. The lowest BCUT2D eigenvalue weighted by Crippen LogP contribution is -2.29. The van der Waals surface area contributed by atoms with Gasteiger partial charge in [0.05, 0.1) is 12.5 Å². The number of esters is 1. The van der Waals surface area contributed by atoms with Crippen molar-refractivity contribution < 1.29 is 14.3 Å². The highest BCUT2D eigenvalue weighted by Gasteiger charge is 2.34. The van der Waals surface area contributed by atoms with Crippen LogP contribution in [0, 0.1) is 5.92 Å². The van der Waals surface area contributed by atoms with E-state index in [-0.39, 0.29) is 11.9 Å². The first kappa shape index (κ1) is 12.0. The van der Waals surface area contributed by atoms with Crippen LogP contribution in [0.3, 0.4) is 0 Å². The molecule has 1 saturated carbocycles. The van der Waals surface area contributed by atoms with E-state index in [9.17, 15) is 4.79 Å². The Hall–Kier alpha value is -1.09. The van der Waals surface area contributed by atoms with E-state index in [1.54, 1.807) is 7.11 Å². The Morgan fingerprint density at radius 1 is 1.67 bits per heavy atom. The lowest BCUT2D eigenvalue weighted by molar-refractivity contribution is -0.147. The molecule has 0 N–H and O–H groups in total. The first-order valence-corrected chi connectivity index (χ1v) is 5.24. The molecule has 0 aromatic rings. The van der Waals surface area contributed by atoms with Gasteiger partial charge in [0.15, 0.2) is 0 Å². The molecule has 1 rings (SSSR count). The molecule has 1 unspecified atom stereocenters. The Labute approximate surface area is 90.8 Å². The van der Waals surface area contributed by atoms with Gasteiger partial charge < -0.3 is 9.47 Å². The highest BCUT2D eigenvalue weighted by Crippen LogP contribution is 2.39. The normalized spacial score (nSPS) is 22.7. The SMILES string of the molecule is C=C1CC(C(=O)OCC)/C1=C/CCOC. The van der Waals surface area contributed by atoms with Crippen LogP contribution < -0.4 is 0 Å². The van der Waals surface area contributed by atoms with Gasteiger partial charge in [0.25, 0.3) is 0 Å². The third-order valence-electron chi connectivity index (χ3n) is 2.49. The number of ether oxygens (including phenoxy) is 2. The van der Waals surface area contributed by atoms with E-state index in [2.05, 4.69) is 6.58 Å². The number of hydrogen-bond donors (Lipinski definition) is 0. The van der Waals surface area contributed by atoms with Crippen LogP contribution in [-0.2, 0) is 14.3 Å². The third kappa shape index (κ3) is 2.93. The van der Waals surface area contributed by atoms with Crippen molar-refractivity contribution in [1.82, 2.24) is 0 Å². The molecule has 84 valence electrons. The fourth-order valence-electron chi connectivity index (χ4n) is 1.66. The molecular formula is C12H18O3. The molecule has 15 heavy (non-hydrogen) atoms. The molecule has 0 amide bonds. The van der Waals surface area contributed by atoms with Crippen molar-refractivity contribution in [1.29, 1.82) is 0 Å². The molecule has 0 bridgehead atoms. The second kappa shape index (κ2) is 5.71. The number of rotatable bonds is 5. The lowest BCUT2D eigenvalue weighted by atomic mass is 9.75. The zero-order valence-corrected chi connectivity index (χ0v) is 9.41. The van der Waals surface area contributed by atoms with Crippen LogP contribution in [0.25, 0.3) is 0 Å². The van der Waals surface area contributed by atoms with Crippen LogP contribution in [0.15, 0.2) is 23.8 Å². The molecule has 1 fully saturated rings. The van der Waals surface area contributed by atoms with Crippen molar-refractivity contribution in [3.63, 3.8) is 0 Å². The number of carbonyl (C=O) groups excluding carboxylic acids is 1. The molecule has 0 aliphatic heterocycles. The van der Waals surface area contributed by atoms with Gasteiger partial charge in [0.1, 0.15) is 0 Å². The van der Waals surface area contributed by atoms with E-state index >= 15 is 0 Å². The van der Waals surface area contributed by atoms with Crippen LogP contribution in [0.2, 0.25) is 0 Å². The fourth-order valence-corrected chi connectivity index (χ4v) is 1.66. The molecule has 0 spiro atoms. The Morgan fingerprint density at radius 3 is 2.93 bits per heavy atom. The van der Waals surface area contributed by atoms with Gasteiger partial charge in [0, 0.05) is 13.7 Å². The van der Waals surface area contributed by atoms with Gasteiger partial charge in [-0.2, -0.15) is 0 Å². The molecule has 1 atom stereocenters. The summed E-state index contributed by atoms with van der Waals surface area (Å²) in [7, 11) is 1.66. The summed E-state index contributed by atoms with van der Waals surface area (Å²) in [5, 5.41) is 0. The van der Waals surface area contributed by atoms with Crippen LogP contribution in [0.4, 0.5) is 0 Å². The molecule has 1 aliphatic rings. The van der Waals surface area contributed by atoms with Crippen molar-refractivity contribution in [2.75, 3.05) is 20.3 Å². The molecule has 0 saturated heterocycles. The minimum absolute atomic E-state index is 0.0886. The molecule has 0 heterocycles. The highest BCUT2D eigenvalue weighted by atomic mass is 16.5. The lowest BCUT2D eigenvalue weighted by Gasteiger charge is -2.30. The van der Waals surface area contributed by atoms with E-state index in [0.29, 0.717) is 13.2 Å². The van der Waals surface area contributed by atoms with Crippen molar-refractivity contribution in [2.24, 2.45) is 5.92 Å². The average molecular weight is 210 g/mol. The molecule has 0 radical (unpaired) electrons. The molecule has 0 aromatic heterocycles. The Morgan fingerprint density at radius 2 is 2.40 bits per heavy atom. The van der Waals surface area contributed by atoms with E-state index in [1.807, 2.05) is 13.0 Å². The van der Waals surface area contributed by atoms with Gasteiger partial charge in [-0.3, -0.25) is 4.79 Å². The Kier molecular flexibility index (Phi) is 4.56. The van der Waals surface area contributed by atoms with Crippen LogP contribution in [0.5, 0.6) is 0 Å². The average Bonchev–Trinajstić information content (AvgIpc) is 2.21. The Bertz CT molecular complexity index is 279. The molecule has 0 aromatic carbocycles. The smallest absolute Gasteiger partial charge is 0.313 e. The standard InChI is InChI=1S/C12H18O3/c1-4-15-12(13)11-8-9(2)10(11)6-5-7-14-3/h6,11H,2,4-5,7-8H2,1,3H3/b10-6+. The zero-order valence-electron chi connectivity index (χ0n) is 9.41. The summed E-state index contributed by atoms with van der Waals surface area (Å²) < 4.78 is 9.93. The van der Waals surface area contributed by atoms with Crippen LogP contribution >= 0.6 is 0 Å². The summed E-state index contributed by atoms with van der Waals surface area (Å²) in [5.41, 5.74) is 2.08. The summed E-state index contributed by atoms with van der Waals surface area (Å²) in [6.45, 7) is 6.83. The monoisotopic (exact) mass is 210 g/mol. The van der Waals surface area contributed by atoms with Crippen molar-refractivity contribution in [3.8, 4) is 0 Å². The van der Waals surface area contributed by atoms with E-state index < -0.39 is 0 Å². The quantitative estimate of drug-likeness (QED) is 0.515. The summed E-state index contributed by atoms with van der Waals surface area (Å²) in [5.74, 6) is -0.220. The second-order valence-corrected chi connectivity index (χ2v) is 3.55. The van der Waals surface area contributed by atoms with Crippen molar-refractivity contribution in [3.05, 3.63) is 23.8 Å². The number of methoxy groups -OCH3 is 1. The van der Waals surface area contributed by atoms with E-state index in [1.165, 1.54) is 0 Å². The highest BCUT2D eigenvalue weighted by molar-refractivity contribution is 5.81. The van der Waals surface area contributed by atoms with Gasteiger partial charge in [-0.25, -0.2) is 0 Å². The molecule has 3 nitrogen and oxygen atoms in total. The topological polar surface area (TPSA) is 35.5 Å². The largest absolute Gasteiger partial charge is 0.466 e.